The van der Waals surface area contributed by atoms with Gasteiger partial charge in [-0.05, 0) is 93.3 Å². The summed E-state index contributed by atoms with van der Waals surface area (Å²) in [5, 5.41) is 0. The fourth-order valence-corrected chi connectivity index (χ4v) is 5.08. The first kappa shape index (κ1) is 43.4. The SMILES string of the molecule is CCCCCCCCCC(=O)Oc1ccc(OC(=O)Oc2ccc(C(=O)Oc3ccc(C(=O)O[C@H](CCCCCOCC)C(F)(F)F)c(F)c3)cc2)cc1. The maximum absolute atomic E-state index is 14.7. The smallest absolute Gasteiger partial charge is 0.449 e. The van der Waals surface area contributed by atoms with E-state index in [4.69, 9.17) is 23.7 Å². The number of ether oxygens (including phenoxy) is 6. The van der Waals surface area contributed by atoms with E-state index in [0.29, 0.717) is 44.3 Å². The summed E-state index contributed by atoms with van der Waals surface area (Å²) in [4.78, 5) is 49.4. The fourth-order valence-electron chi connectivity index (χ4n) is 5.08. The van der Waals surface area contributed by atoms with Crippen molar-refractivity contribution in [2.45, 2.75) is 103 Å². The van der Waals surface area contributed by atoms with Gasteiger partial charge in [-0.1, -0.05) is 51.9 Å². The maximum Gasteiger partial charge on any atom is 0.519 e. The number of esters is 3. The van der Waals surface area contributed by atoms with Crippen LogP contribution < -0.4 is 18.9 Å². The summed E-state index contributed by atoms with van der Waals surface area (Å²) >= 11 is 0. The van der Waals surface area contributed by atoms with Crippen molar-refractivity contribution in [1.82, 2.24) is 0 Å². The van der Waals surface area contributed by atoms with Gasteiger partial charge >= 0.3 is 30.2 Å². The Kier molecular flexibility index (Phi) is 18.5. The quantitative estimate of drug-likeness (QED) is 0.0321. The van der Waals surface area contributed by atoms with Crippen LogP contribution in [0.15, 0.2) is 66.7 Å². The van der Waals surface area contributed by atoms with Gasteiger partial charge in [0.15, 0.2) is 6.10 Å². The minimum absolute atomic E-state index is 0.0176. The van der Waals surface area contributed by atoms with Crippen molar-refractivity contribution in [1.29, 1.82) is 0 Å². The molecule has 0 amide bonds. The van der Waals surface area contributed by atoms with Gasteiger partial charge in [-0.3, -0.25) is 4.79 Å². The molecule has 0 fully saturated rings. The summed E-state index contributed by atoms with van der Waals surface area (Å²) < 4.78 is 85.7. The lowest BCUT2D eigenvalue weighted by atomic mass is 10.1. The molecule has 0 heterocycles. The van der Waals surface area contributed by atoms with Gasteiger partial charge in [0.25, 0.3) is 0 Å². The van der Waals surface area contributed by atoms with Crippen molar-refractivity contribution in [3.8, 4) is 23.0 Å². The molecule has 10 nitrogen and oxygen atoms in total. The standard InChI is InChI=1S/C40H46F4O10/c1-3-5-6-7-8-9-12-15-36(45)50-29-20-22-31(23-21-29)53-39(48)52-30-18-16-28(17-19-30)37(46)51-32-24-25-33(34(41)27-32)38(47)54-35(40(42,43)44)14-11-10-13-26-49-4-2/h16-25,27,35H,3-15,26H2,1-2H3/t35-/m1/s1. The van der Waals surface area contributed by atoms with Crippen LogP contribution in [0, 0.1) is 5.82 Å². The zero-order chi connectivity index (χ0) is 39.3. The second-order valence-corrected chi connectivity index (χ2v) is 12.3. The van der Waals surface area contributed by atoms with Crippen LogP contribution in [-0.2, 0) is 14.3 Å². The van der Waals surface area contributed by atoms with Crippen LogP contribution >= 0.6 is 0 Å². The van der Waals surface area contributed by atoms with E-state index in [1.807, 2.05) is 0 Å². The Balaban J connectivity index is 1.44. The number of alkyl halides is 3. The van der Waals surface area contributed by atoms with Crippen molar-refractivity contribution in [3.05, 3.63) is 83.7 Å². The third kappa shape index (κ3) is 15.9. The highest BCUT2D eigenvalue weighted by Gasteiger charge is 2.42. The van der Waals surface area contributed by atoms with E-state index in [1.54, 1.807) is 6.92 Å². The van der Waals surface area contributed by atoms with E-state index in [2.05, 4.69) is 11.7 Å². The van der Waals surface area contributed by atoms with Gasteiger partial charge in [0.2, 0.25) is 0 Å². The van der Waals surface area contributed by atoms with Gasteiger partial charge in [-0.2, -0.15) is 13.2 Å². The third-order valence-electron chi connectivity index (χ3n) is 7.98. The number of benzene rings is 3. The molecule has 0 aliphatic heterocycles. The lowest BCUT2D eigenvalue weighted by Crippen LogP contribution is -2.34. The molecule has 0 saturated carbocycles. The Morgan fingerprint density at radius 3 is 1.78 bits per heavy atom. The minimum atomic E-state index is -4.85. The normalized spacial score (nSPS) is 11.7. The van der Waals surface area contributed by atoms with Gasteiger partial charge in [-0.15, -0.1) is 0 Å². The monoisotopic (exact) mass is 762 g/mol. The molecule has 0 bridgehead atoms. The highest BCUT2D eigenvalue weighted by atomic mass is 19.4. The minimum Gasteiger partial charge on any atom is -0.449 e. The van der Waals surface area contributed by atoms with E-state index in [1.165, 1.54) is 67.8 Å². The molecule has 294 valence electrons. The number of rotatable bonds is 22. The largest absolute Gasteiger partial charge is 0.519 e. The first-order chi connectivity index (χ1) is 25.9. The van der Waals surface area contributed by atoms with E-state index in [9.17, 15) is 36.7 Å². The molecule has 0 aromatic heterocycles. The van der Waals surface area contributed by atoms with Crippen LogP contribution in [-0.4, -0.2) is 49.6 Å². The van der Waals surface area contributed by atoms with E-state index in [0.717, 1.165) is 37.8 Å². The fraction of sp³-hybridized carbons (Fsp3) is 0.450. The Morgan fingerprint density at radius 1 is 0.630 bits per heavy atom. The number of unbranched alkanes of at least 4 members (excludes halogenated alkanes) is 8. The molecule has 0 saturated heterocycles. The molecular formula is C40H46F4O10. The van der Waals surface area contributed by atoms with Gasteiger partial charge < -0.3 is 28.4 Å². The Bertz CT molecular complexity index is 1630. The predicted octanol–water partition coefficient (Wildman–Crippen LogP) is 10.4. The summed E-state index contributed by atoms with van der Waals surface area (Å²) in [5.74, 6) is -3.92. The van der Waals surface area contributed by atoms with Crippen LogP contribution in [0.3, 0.4) is 0 Å². The van der Waals surface area contributed by atoms with Crippen molar-refractivity contribution in [2.24, 2.45) is 0 Å². The van der Waals surface area contributed by atoms with Crippen molar-refractivity contribution >= 4 is 24.1 Å². The number of hydrogen-bond acceptors (Lipinski definition) is 10. The lowest BCUT2D eigenvalue weighted by Gasteiger charge is -2.21. The molecule has 0 unspecified atom stereocenters. The summed E-state index contributed by atoms with van der Waals surface area (Å²) in [6, 6.07) is 13.5. The lowest BCUT2D eigenvalue weighted by molar-refractivity contribution is -0.206. The predicted molar refractivity (Wildman–Crippen MR) is 189 cm³/mol. The topological polar surface area (TPSA) is 124 Å². The van der Waals surface area contributed by atoms with Gasteiger partial charge in [-0.25, -0.2) is 18.8 Å². The van der Waals surface area contributed by atoms with Crippen molar-refractivity contribution < 1.29 is 65.2 Å². The van der Waals surface area contributed by atoms with Crippen LogP contribution in [0.25, 0.3) is 0 Å². The van der Waals surface area contributed by atoms with Crippen LogP contribution in [0.5, 0.6) is 23.0 Å². The highest BCUT2D eigenvalue weighted by Crippen LogP contribution is 2.29. The molecule has 3 aromatic rings. The molecule has 14 heteroatoms. The Labute approximate surface area is 312 Å². The Morgan fingerprint density at radius 2 is 1.19 bits per heavy atom. The molecule has 0 N–H and O–H groups in total. The highest BCUT2D eigenvalue weighted by molar-refractivity contribution is 5.92. The van der Waals surface area contributed by atoms with Gasteiger partial charge in [0.05, 0.1) is 11.1 Å². The summed E-state index contributed by atoms with van der Waals surface area (Å²) in [6.45, 7) is 4.87. The second-order valence-electron chi connectivity index (χ2n) is 12.3. The van der Waals surface area contributed by atoms with Crippen molar-refractivity contribution in [2.75, 3.05) is 13.2 Å². The Hall–Kier alpha value is -4.98. The van der Waals surface area contributed by atoms with E-state index in [-0.39, 0.29) is 35.2 Å². The zero-order valence-electron chi connectivity index (χ0n) is 30.4. The first-order valence-corrected chi connectivity index (χ1v) is 18.1. The summed E-state index contributed by atoms with van der Waals surface area (Å²) in [7, 11) is 0. The summed E-state index contributed by atoms with van der Waals surface area (Å²) in [6.07, 6.45) is 0.161. The number of carbonyl (C=O) groups is 4. The average molecular weight is 763 g/mol. The molecule has 0 spiro atoms. The zero-order valence-corrected chi connectivity index (χ0v) is 30.4. The van der Waals surface area contributed by atoms with E-state index >= 15 is 0 Å². The number of carbonyl (C=O) groups excluding carboxylic acids is 4. The molecule has 0 aliphatic rings. The second kappa shape index (κ2) is 22.9. The van der Waals surface area contributed by atoms with Gasteiger partial charge in [0, 0.05) is 25.7 Å². The molecule has 54 heavy (non-hydrogen) atoms. The van der Waals surface area contributed by atoms with Gasteiger partial charge in [0.1, 0.15) is 28.8 Å². The average Bonchev–Trinajstić information content (AvgIpc) is 3.12. The third-order valence-corrected chi connectivity index (χ3v) is 7.98. The molecule has 0 radical (unpaired) electrons. The number of halogens is 4. The molecule has 1 atom stereocenters. The van der Waals surface area contributed by atoms with Crippen LogP contribution in [0.1, 0.15) is 112 Å². The molecule has 0 aliphatic carbocycles. The molecule has 3 aromatic carbocycles. The first-order valence-electron chi connectivity index (χ1n) is 18.1. The van der Waals surface area contributed by atoms with Crippen molar-refractivity contribution in [3.63, 3.8) is 0 Å². The molecule has 3 rings (SSSR count). The maximum atomic E-state index is 14.7. The van der Waals surface area contributed by atoms with E-state index < -0.39 is 48.2 Å². The molecular weight excluding hydrogens is 716 g/mol. The number of hydrogen-bond donors (Lipinski definition) is 0. The summed E-state index contributed by atoms with van der Waals surface area (Å²) in [5.41, 5.74) is -0.784. The van der Waals surface area contributed by atoms with Crippen LogP contribution in [0.4, 0.5) is 22.4 Å². The van der Waals surface area contributed by atoms with Crippen LogP contribution in [0.2, 0.25) is 0 Å².